The first kappa shape index (κ1) is 19.1. The summed E-state index contributed by atoms with van der Waals surface area (Å²) in [7, 11) is 0. The maximum atomic E-state index is 12.8. The summed E-state index contributed by atoms with van der Waals surface area (Å²) in [6.07, 6.45) is 0.345. The molecular weight excluding hydrogens is 386 g/mol. The lowest BCUT2D eigenvalue weighted by Crippen LogP contribution is -2.25. The van der Waals surface area contributed by atoms with Crippen LogP contribution in [-0.2, 0) is 4.79 Å². The lowest BCUT2D eigenvalue weighted by molar-refractivity contribution is -0.116. The second kappa shape index (κ2) is 8.11. The summed E-state index contributed by atoms with van der Waals surface area (Å²) in [5.74, 6) is 1.35. The number of fused-ring (bicyclic) bond motifs is 1. The Bertz CT molecular complexity index is 1220. The van der Waals surface area contributed by atoms with Crippen molar-refractivity contribution in [3.8, 4) is 22.7 Å². The average Bonchev–Trinajstić information content (AvgIpc) is 3.20. The number of nitrogens with one attached hydrogen (secondary N) is 1. The van der Waals surface area contributed by atoms with Gasteiger partial charge in [0.05, 0.1) is 18.0 Å². The van der Waals surface area contributed by atoms with Crippen molar-refractivity contribution in [2.75, 3.05) is 11.9 Å². The molecule has 5 nitrogen and oxygen atoms in total. The Morgan fingerprint density at radius 2 is 1.65 bits per heavy atom. The number of nitrogens with zero attached hydrogens (tertiary/aromatic N) is 2. The highest BCUT2D eigenvalue weighted by Gasteiger charge is 2.35. The summed E-state index contributed by atoms with van der Waals surface area (Å²) in [4.78, 5) is 12.8. The van der Waals surface area contributed by atoms with Gasteiger partial charge in [0.15, 0.2) is 0 Å². The minimum atomic E-state index is -0.154. The van der Waals surface area contributed by atoms with Crippen LogP contribution in [0.5, 0.6) is 5.75 Å². The van der Waals surface area contributed by atoms with E-state index in [1.807, 2.05) is 84.4 Å². The molecule has 0 saturated carbocycles. The molecule has 1 atom stereocenters. The second-order valence-electron chi connectivity index (χ2n) is 7.50. The molecule has 0 bridgehead atoms. The van der Waals surface area contributed by atoms with Crippen molar-refractivity contribution in [3.63, 3.8) is 0 Å². The number of carbonyl (C=O) groups is 1. The van der Waals surface area contributed by atoms with Gasteiger partial charge in [-0.15, -0.1) is 0 Å². The molecule has 5 rings (SSSR count). The zero-order valence-electron chi connectivity index (χ0n) is 17.3. The number of hydrogen-bond donors (Lipinski definition) is 1. The molecule has 0 saturated heterocycles. The first-order chi connectivity index (χ1) is 15.3. The Balaban J connectivity index is 1.77. The van der Waals surface area contributed by atoms with Crippen LogP contribution in [0.2, 0.25) is 0 Å². The van der Waals surface area contributed by atoms with E-state index in [1.54, 1.807) is 0 Å². The molecule has 31 heavy (non-hydrogen) atoms. The SMILES string of the molecule is CCOc1ccccc1C1CC(=O)Nc2c1c(-c1ccccc1)nn2-c1ccccc1. The fraction of sp³-hybridized carbons (Fsp3) is 0.154. The molecule has 1 unspecified atom stereocenters. The number of hydrogen-bond acceptors (Lipinski definition) is 3. The Hall–Kier alpha value is -3.86. The standard InChI is InChI=1S/C26H23N3O2/c1-2-31-22-16-10-9-15-20(22)21-17-23(30)27-26-24(21)25(18-11-5-3-6-12-18)28-29(26)19-13-7-4-8-14-19/h3-16,21H,2,17H2,1H3,(H,27,30). The molecule has 1 aliphatic rings. The van der Waals surface area contributed by atoms with Crippen molar-refractivity contribution >= 4 is 11.7 Å². The number of aromatic nitrogens is 2. The fourth-order valence-corrected chi connectivity index (χ4v) is 4.24. The van der Waals surface area contributed by atoms with Crippen molar-refractivity contribution in [3.05, 3.63) is 96.1 Å². The molecule has 1 aromatic heterocycles. The lowest BCUT2D eigenvalue weighted by Gasteiger charge is -2.26. The molecule has 1 N–H and O–H groups in total. The van der Waals surface area contributed by atoms with E-state index >= 15 is 0 Å². The highest BCUT2D eigenvalue weighted by Crippen LogP contribution is 2.46. The van der Waals surface area contributed by atoms with Crippen LogP contribution in [0, 0.1) is 0 Å². The molecule has 1 amide bonds. The van der Waals surface area contributed by atoms with Crippen molar-refractivity contribution in [1.82, 2.24) is 9.78 Å². The summed E-state index contributed by atoms with van der Waals surface area (Å²) in [5, 5.41) is 8.07. The third kappa shape index (κ3) is 3.48. The molecule has 3 aromatic carbocycles. The van der Waals surface area contributed by atoms with E-state index in [2.05, 4.69) is 17.4 Å². The van der Waals surface area contributed by atoms with Crippen LogP contribution in [0.1, 0.15) is 30.4 Å². The minimum absolute atomic E-state index is 0.0273. The van der Waals surface area contributed by atoms with Gasteiger partial charge in [0, 0.05) is 29.0 Å². The maximum Gasteiger partial charge on any atom is 0.226 e. The Labute approximate surface area is 181 Å². The summed E-state index contributed by atoms with van der Waals surface area (Å²) in [6.45, 7) is 2.54. The summed E-state index contributed by atoms with van der Waals surface area (Å²) >= 11 is 0. The number of benzene rings is 3. The highest BCUT2D eigenvalue weighted by molar-refractivity contribution is 5.96. The molecular formula is C26H23N3O2. The molecule has 4 aromatic rings. The van der Waals surface area contributed by atoms with E-state index in [0.717, 1.165) is 39.6 Å². The van der Waals surface area contributed by atoms with Gasteiger partial charge in [-0.3, -0.25) is 4.79 Å². The predicted octanol–water partition coefficient (Wildman–Crippen LogP) is 5.41. The summed E-state index contributed by atoms with van der Waals surface area (Å²) < 4.78 is 7.76. The zero-order valence-corrected chi connectivity index (χ0v) is 17.3. The Morgan fingerprint density at radius 1 is 0.968 bits per heavy atom. The predicted molar refractivity (Wildman–Crippen MR) is 122 cm³/mol. The Kier molecular flexibility index (Phi) is 5.00. The summed E-state index contributed by atoms with van der Waals surface area (Å²) in [5.41, 5.74) is 4.81. The van der Waals surface area contributed by atoms with Crippen LogP contribution in [0.3, 0.4) is 0 Å². The molecule has 5 heteroatoms. The van der Waals surface area contributed by atoms with Crippen LogP contribution in [0.25, 0.3) is 16.9 Å². The normalized spacial score (nSPS) is 15.3. The van der Waals surface area contributed by atoms with Gasteiger partial charge in [0.2, 0.25) is 5.91 Å². The maximum absolute atomic E-state index is 12.8. The third-order valence-corrected chi connectivity index (χ3v) is 5.56. The van der Waals surface area contributed by atoms with E-state index in [4.69, 9.17) is 9.84 Å². The van der Waals surface area contributed by atoms with Gasteiger partial charge in [0.25, 0.3) is 0 Å². The molecule has 1 aliphatic heterocycles. The van der Waals surface area contributed by atoms with Gasteiger partial charge in [-0.2, -0.15) is 5.10 Å². The van der Waals surface area contributed by atoms with Crippen molar-refractivity contribution < 1.29 is 9.53 Å². The first-order valence-electron chi connectivity index (χ1n) is 10.5. The van der Waals surface area contributed by atoms with Gasteiger partial charge in [0.1, 0.15) is 11.6 Å². The number of amides is 1. The molecule has 0 radical (unpaired) electrons. The van der Waals surface area contributed by atoms with Gasteiger partial charge in [-0.25, -0.2) is 4.68 Å². The molecule has 0 aliphatic carbocycles. The number of ether oxygens (including phenoxy) is 1. The zero-order chi connectivity index (χ0) is 21.2. The number of anilines is 1. The van der Waals surface area contributed by atoms with Crippen LogP contribution < -0.4 is 10.1 Å². The number of rotatable bonds is 5. The smallest absolute Gasteiger partial charge is 0.226 e. The third-order valence-electron chi connectivity index (χ3n) is 5.56. The largest absolute Gasteiger partial charge is 0.494 e. The topological polar surface area (TPSA) is 56.1 Å². The average molecular weight is 409 g/mol. The number of carbonyl (C=O) groups excluding carboxylic acids is 1. The van der Waals surface area contributed by atoms with Crippen LogP contribution in [0.15, 0.2) is 84.9 Å². The summed E-state index contributed by atoms with van der Waals surface area (Å²) in [6, 6.07) is 28.0. The van der Waals surface area contributed by atoms with E-state index < -0.39 is 0 Å². The van der Waals surface area contributed by atoms with Crippen molar-refractivity contribution in [1.29, 1.82) is 0 Å². The van der Waals surface area contributed by atoms with Crippen LogP contribution >= 0.6 is 0 Å². The monoisotopic (exact) mass is 409 g/mol. The lowest BCUT2D eigenvalue weighted by atomic mass is 9.84. The van der Waals surface area contributed by atoms with Gasteiger partial charge < -0.3 is 10.1 Å². The second-order valence-corrected chi connectivity index (χ2v) is 7.50. The van der Waals surface area contributed by atoms with Gasteiger partial charge in [-0.05, 0) is 25.1 Å². The quantitative estimate of drug-likeness (QED) is 0.479. The molecule has 0 spiro atoms. The molecule has 154 valence electrons. The van der Waals surface area contributed by atoms with E-state index in [1.165, 1.54) is 0 Å². The highest BCUT2D eigenvalue weighted by atomic mass is 16.5. The van der Waals surface area contributed by atoms with Crippen LogP contribution in [0.4, 0.5) is 5.82 Å². The van der Waals surface area contributed by atoms with Gasteiger partial charge >= 0.3 is 0 Å². The van der Waals surface area contributed by atoms with E-state index in [9.17, 15) is 4.79 Å². The van der Waals surface area contributed by atoms with E-state index in [0.29, 0.717) is 13.0 Å². The Morgan fingerprint density at radius 3 is 2.39 bits per heavy atom. The molecule has 2 heterocycles. The first-order valence-corrected chi connectivity index (χ1v) is 10.5. The minimum Gasteiger partial charge on any atom is -0.494 e. The number of para-hydroxylation sites is 2. The van der Waals surface area contributed by atoms with Crippen LogP contribution in [-0.4, -0.2) is 22.3 Å². The van der Waals surface area contributed by atoms with Crippen molar-refractivity contribution in [2.45, 2.75) is 19.3 Å². The molecule has 0 fully saturated rings. The van der Waals surface area contributed by atoms with Crippen molar-refractivity contribution in [2.24, 2.45) is 0 Å². The van der Waals surface area contributed by atoms with Gasteiger partial charge in [-0.1, -0.05) is 66.7 Å². The fourth-order valence-electron chi connectivity index (χ4n) is 4.24. The van der Waals surface area contributed by atoms with E-state index in [-0.39, 0.29) is 11.8 Å².